The molecular weight excluding hydrogens is 552 g/mol. The molecule has 0 bridgehead atoms. The fourth-order valence-corrected chi connectivity index (χ4v) is 6.28. The van der Waals surface area contributed by atoms with Crippen LogP contribution in [-0.2, 0) is 29.8 Å². The van der Waals surface area contributed by atoms with Gasteiger partial charge < -0.3 is 19.1 Å². The van der Waals surface area contributed by atoms with E-state index in [-0.39, 0.29) is 17.1 Å². The van der Waals surface area contributed by atoms with Crippen molar-refractivity contribution in [3.63, 3.8) is 0 Å². The van der Waals surface area contributed by atoms with Crippen LogP contribution in [0.3, 0.4) is 0 Å². The average Bonchev–Trinajstić information content (AvgIpc) is 3.49. The number of pyridine rings is 1. The molecule has 2 aromatic carbocycles. The fourth-order valence-electron chi connectivity index (χ4n) is 5.99. The second kappa shape index (κ2) is 11.7. The monoisotopic (exact) mass is 588 g/mol. The van der Waals surface area contributed by atoms with Crippen LogP contribution in [0.4, 0.5) is 0 Å². The van der Waals surface area contributed by atoms with Crippen LogP contribution in [-0.4, -0.2) is 56.8 Å². The summed E-state index contributed by atoms with van der Waals surface area (Å²) in [5, 5.41) is 10.2. The van der Waals surface area contributed by atoms with Crippen molar-refractivity contribution in [2.45, 2.75) is 64.3 Å². The number of hydrogen-bond acceptors (Lipinski definition) is 6. The largest absolute Gasteiger partial charge is 0.478 e. The Hall–Kier alpha value is -3.46. The van der Waals surface area contributed by atoms with Crippen molar-refractivity contribution in [1.82, 2.24) is 19.4 Å². The van der Waals surface area contributed by atoms with Gasteiger partial charge in [-0.25, -0.2) is 14.8 Å². The lowest BCUT2D eigenvalue weighted by atomic mass is 9.94. The number of imidazole rings is 1. The predicted molar refractivity (Wildman–Crippen MR) is 162 cm³/mol. The number of nitrogens with zero attached hydrogens (tertiary/aromatic N) is 4. The highest BCUT2D eigenvalue weighted by Crippen LogP contribution is 2.56. The second-order valence-electron chi connectivity index (χ2n) is 11.9. The van der Waals surface area contributed by atoms with E-state index in [1.807, 2.05) is 37.3 Å². The van der Waals surface area contributed by atoms with Crippen molar-refractivity contribution in [3.8, 4) is 5.88 Å². The summed E-state index contributed by atoms with van der Waals surface area (Å²) in [6.07, 6.45) is 3.21. The van der Waals surface area contributed by atoms with Crippen molar-refractivity contribution in [1.29, 1.82) is 0 Å². The molecule has 1 aliphatic heterocycles. The first kappa shape index (κ1) is 28.6. The average molecular weight is 589 g/mol. The van der Waals surface area contributed by atoms with Gasteiger partial charge in [-0.2, -0.15) is 0 Å². The number of fused-ring (bicyclic) bond motifs is 1. The van der Waals surface area contributed by atoms with Crippen molar-refractivity contribution in [2.75, 3.05) is 20.2 Å². The number of halogens is 1. The predicted octanol–water partition coefficient (Wildman–Crippen LogP) is 6.26. The van der Waals surface area contributed by atoms with Gasteiger partial charge in [0.05, 0.1) is 41.5 Å². The van der Waals surface area contributed by atoms with Gasteiger partial charge in [0.15, 0.2) is 0 Å². The third kappa shape index (κ3) is 5.89. The van der Waals surface area contributed by atoms with Crippen molar-refractivity contribution in [2.24, 2.45) is 5.92 Å². The maximum absolute atomic E-state index is 11.6. The van der Waals surface area contributed by atoms with Crippen molar-refractivity contribution >= 4 is 28.6 Å². The molecule has 2 aromatic heterocycles. The van der Waals surface area contributed by atoms with Crippen LogP contribution in [0.5, 0.6) is 5.88 Å². The van der Waals surface area contributed by atoms with E-state index in [4.69, 9.17) is 31.0 Å². The molecule has 220 valence electrons. The Balaban J connectivity index is 1.14. The van der Waals surface area contributed by atoms with Crippen molar-refractivity contribution < 1.29 is 19.4 Å². The molecule has 2 aliphatic rings. The number of ether oxygens (including phenoxy) is 2. The number of carbonyl (C=O) groups is 1. The molecule has 3 atom stereocenters. The number of aromatic nitrogens is 3. The molecular formula is C33H37ClN4O4. The summed E-state index contributed by atoms with van der Waals surface area (Å²) in [6.45, 7) is 7.66. The number of aromatic carboxylic acids is 1. The van der Waals surface area contributed by atoms with Gasteiger partial charge in [-0.3, -0.25) is 4.90 Å². The molecule has 0 radical (unpaired) electrons. The van der Waals surface area contributed by atoms with E-state index in [2.05, 4.69) is 29.5 Å². The first-order chi connectivity index (χ1) is 20.2. The summed E-state index contributed by atoms with van der Waals surface area (Å²) in [5.74, 6) is 1.14. The maximum atomic E-state index is 11.6. The Kier molecular flexibility index (Phi) is 7.96. The van der Waals surface area contributed by atoms with Crippen LogP contribution < -0.4 is 4.74 Å². The summed E-state index contributed by atoms with van der Waals surface area (Å²) in [5.41, 5.74) is 5.08. The minimum Gasteiger partial charge on any atom is -0.478 e. The van der Waals surface area contributed by atoms with E-state index in [0.717, 1.165) is 66.1 Å². The third-order valence-corrected chi connectivity index (χ3v) is 9.23. The van der Waals surface area contributed by atoms with Crippen LogP contribution in [0.25, 0.3) is 11.0 Å². The van der Waals surface area contributed by atoms with Gasteiger partial charge in [-0.1, -0.05) is 36.7 Å². The summed E-state index contributed by atoms with van der Waals surface area (Å²) < 4.78 is 13.9. The summed E-state index contributed by atoms with van der Waals surface area (Å²) >= 11 is 6.40. The topological polar surface area (TPSA) is 89.7 Å². The lowest BCUT2D eigenvalue weighted by Crippen LogP contribution is -2.32. The third-order valence-electron chi connectivity index (χ3n) is 8.88. The van der Waals surface area contributed by atoms with Gasteiger partial charge in [-0.05, 0) is 81.6 Å². The highest BCUT2D eigenvalue weighted by Gasteiger charge is 2.53. The zero-order chi connectivity index (χ0) is 29.4. The van der Waals surface area contributed by atoms with Crippen LogP contribution in [0.1, 0.15) is 59.2 Å². The molecule has 2 fully saturated rings. The molecule has 9 heteroatoms. The van der Waals surface area contributed by atoms with Crippen LogP contribution in [0.2, 0.25) is 5.02 Å². The molecule has 0 unspecified atom stereocenters. The standard InChI is InChI=1S/C33H37ClN4O4/c1-21-7-8-24(26(34)15-21)20-42-31-6-4-5-29(36-31)33(17-22(33)2)12-13-37(3)19-30-35-27-10-9-23(32(39)40)16-28(27)38(30)18-25-11-14-41-25/h4-10,15-16,22,25H,11-14,17-20H2,1-3H3,(H,39,40)/t22-,25-,33-/m0/s1. The quantitative estimate of drug-likeness (QED) is 0.209. The van der Waals surface area contributed by atoms with Gasteiger partial charge in [-0.15, -0.1) is 0 Å². The van der Waals surface area contributed by atoms with E-state index < -0.39 is 5.97 Å². The first-order valence-corrected chi connectivity index (χ1v) is 15.0. The molecule has 8 nitrogen and oxygen atoms in total. The molecule has 1 N–H and O–H groups in total. The Morgan fingerprint density at radius 1 is 1.21 bits per heavy atom. The van der Waals surface area contributed by atoms with Crippen LogP contribution in [0.15, 0.2) is 54.6 Å². The summed E-state index contributed by atoms with van der Waals surface area (Å²) in [6, 6.07) is 17.2. The molecule has 0 spiro atoms. The highest BCUT2D eigenvalue weighted by molar-refractivity contribution is 6.31. The SMILES string of the molecule is Cc1ccc(COc2cccc([C@@]3(CCN(C)Cc4nc5ccc(C(=O)O)cc5n4C[C@@H]4CCO4)C[C@@H]3C)n2)c(Cl)c1. The molecule has 4 aromatic rings. The zero-order valence-corrected chi connectivity index (χ0v) is 25.1. The van der Waals surface area contributed by atoms with Crippen molar-refractivity contribution in [3.05, 3.63) is 87.8 Å². The smallest absolute Gasteiger partial charge is 0.335 e. The number of hydrogen-bond donors (Lipinski definition) is 1. The maximum Gasteiger partial charge on any atom is 0.335 e. The summed E-state index contributed by atoms with van der Waals surface area (Å²) in [7, 11) is 2.12. The second-order valence-corrected chi connectivity index (χ2v) is 12.3. The van der Waals surface area contributed by atoms with E-state index in [0.29, 0.717) is 36.5 Å². The molecule has 1 saturated heterocycles. The van der Waals surface area contributed by atoms with E-state index in [9.17, 15) is 9.90 Å². The van der Waals surface area contributed by atoms with Gasteiger partial charge in [0, 0.05) is 28.7 Å². The van der Waals surface area contributed by atoms with E-state index >= 15 is 0 Å². The highest BCUT2D eigenvalue weighted by atomic mass is 35.5. The Bertz CT molecular complexity index is 1620. The van der Waals surface area contributed by atoms with Gasteiger partial charge in [0.2, 0.25) is 5.88 Å². The van der Waals surface area contributed by atoms with E-state index in [1.165, 1.54) is 0 Å². The molecule has 0 amide bonds. The Morgan fingerprint density at radius 2 is 2.02 bits per heavy atom. The number of aryl methyl sites for hydroxylation is 1. The number of benzene rings is 2. The number of carboxylic acid groups (broad SMARTS) is 1. The Labute approximate surface area is 251 Å². The molecule has 6 rings (SSSR count). The Morgan fingerprint density at radius 3 is 2.71 bits per heavy atom. The fraction of sp³-hybridized carbons (Fsp3) is 0.424. The van der Waals surface area contributed by atoms with Gasteiger partial charge >= 0.3 is 5.97 Å². The lowest BCUT2D eigenvalue weighted by molar-refractivity contribution is -0.0591. The number of rotatable bonds is 12. The van der Waals surface area contributed by atoms with Crippen LogP contribution in [0, 0.1) is 12.8 Å². The van der Waals surface area contributed by atoms with Crippen LogP contribution >= 0.6 is 11.6 Å². The molecule has 3 heterocycles. The molecule has 1 aliphatic carbocycles. The van der Waals surface area contributed by atoms with E-state index in [1.54, 1.807) is 18.2 Å². The van der Waals surface area contributed by atoms with Gasteiger partial charge in [0.25, 0.3) is 0 Å². The number of carboxylic acids is 1. The molecule has 1 saturated carbocycles. The van der Waals surface area contributed by atoms with Gasteiger partial charge in [0.1, 0.15) is 12.4 Å². The minimum absolute atomic E-state index is 0.0193. The normalized spacial score (nSPS) is 21.5. The minimum atomic E-state index is -0.936. The summed E-state index contributed by atoms with van der Waals surface area (Å²) in [4.78, 5) is 23.8. The molecule has 42 heavy (non-hydrogen) atoms. The first-order valence-electron chi connectivity index (χ1n) is 14.6. The lowest BCUT2D eigenvalue weighted by Gasteiger charge is -2.28. The zero-order valence-electron chi connectivity index (χ0n) is 24.3.